The Labute approximate surface area is 175 Å². The standard InChI is InChI=1S/C19H30N6OS2/c1-14(25-17(21-22-19(25)27)16-5-4-12-28-16)18(26)20-13-15-6-8-24(9-7-15)11-10-23(2)3/h4-5,12,14-15H,6-11,13H2,1-3H3,(H,20,26)(H,22,27). The van der Waals surface area contributed by atoms with E-state index in [2.05, 4.69) is 39.4 Å². The van der Waals surface area contributed by atoms with Crippen LogP contribution in [-0.4, -0.2) is 77.3 Å². The number of aromatic amines is 1. The second kappa shape index (κ2) is 9.78. The van der Waals surface area contributed by atoms with Gasteiger partial charge in [0.1, 0.15) is 6.04 Å². The second-order valence-corrected chi connectivity index (χ2v) is 9.04. The van der Waals surface area contributed by atoms with Gasteiger partial charge in [-0.05, 0) is 76.5 Å². The summed E-state index contributed by atoms with van der Waals surface area (Å²) in [5.74, 6) is 1.25. The SMILES string of the molecule is CC(C(=O)NCC1CCN(CCN(C)C)CC1)n1c(-c2cccs2)n[nH]c1=S. The molecule has 1 fully saturated rings. The highest BCUT2D eigenvalue weighted by Gasteiger charge is 2.24. The molecule has 7 nitrogen and oxygen atoms in total. The Bertz CT molecular complexity index is 805. The number of hydrogen-bond acceptors (Lipinski definition) is 6. The van der Waals surface area contributed by atoms with Gasteiger partial charge in [0.2, 0.25) is 5.91 Å². The molecule has 2 aromatic rings. The van der Waals surface area contributed by atoms with Gasteiger partial charge in [-0.2, -0.15) is 5.10 Å². The quantitative estimate of drug-likeness (QED) is 0.640. The van der Waals surface area contributed by atoms with Crippen LogP contribution in [0.3, 0.4) is 0 Å². The Balaban J connectivity index is 1.51. The summed E-state index contributed by atoms with van der Waals surface area (Å²) in [5.41, 5.74) is 0. The van der Waals surface area contributed by atoms with Gasteiger partial charge in [0.15, 0.2) is 10.6 Å². The summed E-state index contributed by atoms with van der Waals surface area (Å²) in [6.07, 6.45) is 2.27. The summed E-state index contributed by atoms with van der Waals surface area (Å²) in [5, 5.41) is 12.3. The number of carbonyl (C=O) groups excluding carboxylic acids is 1. The van der Waals surface area contributed by atoms with Crippen molar-refractivity contribution in [3.8, 4) is 10.7 Å². The lowest BCUT2D eigenvalue weighted by Crippen LogP contribution is -2.42. The first-order valence-electron chi connectivity index (χ1n) is 9.81. The van der Waals surface area contributed by atoms with Crippen molar-refractivity contribution >= 4 is 29.5 Å². The molecule has 3 heterocycles. The lowest BCUT2D eigenvalue weighted by Gasteiger charge is -2.32. The van der Waals surface area contributed by atoms with Crippen molar-refractivity contribution in [1.82, 2.24) is 29.9 Å². The molecule has 0 aliphatic carbocycles. The molecule has 0 spiro atoms. The summed E-state index contributed by atoms with van der Waals surface area (Å²) < 4.78 is 2.28. The van der Waals surface area contributed by atoms with E-state index in [1.807, 2.05) is 24.4 Å². The number of carbonyl (C=O) groups is 1. The summed E-state index contributed by atoms with van der Waals surface area (Å²) in [7, 11) is 4.22. The largest absolute Gasteiger partial charge is 0.354 e. The van der Waals surface area contributed by atoms with Crippen LogP contribution in [-0.2, 0) is 4.79 Å². The molecule has 28 heavy (non-hydrogen) atoms. The highest BCUT2D eigenvalue weighted by atomic mass is 32.1. The minimum atomic E-state index is -0.400. The molecular weight excluding hydrogens is 392 g/mol. The summed E-state index contributed by atoms with van der Waals surface area (Å²) in [4.78, 5) is 18.5. The van der Waals surface area contributed by atoms with Gasteiger partial charge in [-0.25, -0.2) is 0 Å². The van der Waals surface area contributed by atoms with Gasteiger partial charge in [-0.15, -0.1) is 11.3 Å². The van der Waals surface area contributed by atoms with E-state index in [1.54, 1.807) is 15.9 Å². The van der Waals surface area contributed by atoms with Crippen molar-refractivity contribution < 1.29 is 4.79 Å². The van der Waals surface area contributed by atoms with Gasteiger partial charge in [0, 0.05) is 19.6 Å². The van der Waals surface area contributed by atoms with E-state index in [0.717, 1.165) is 56.3 Å². The van der Waals surface area contributed by atoms with E-state index in [0.29, 0.717) is 10.7 Å². The smallest absolute Gasteiger partial charge is 0.242 e. The van der Waals surface area contributed by atoms with Gasteiger partial charge >= 0.3 is 0 Å². The van der Waals surface area contributed by atoms with Crippen LogP contribution in [0.4, 0.5) is 0 Å². The predicted octanol–water partition coefficient (Wildman–Crippen LogP) is 2.62. The Morgan fingerprint density at radius 2 is 2.21 bits per heavy atom. The average Bonchev–Trinajstić information content (AvgIpc) is 3.34. The molecule has 1 atom stereocenters. The fourth-order valence-corrected chi connectivity index (χ4v) is 4.51. The number of likely N-dealkylation sites (tertiary alicyclic amines) is 1. The number of hydrogen-bond donors (Lipinski definition) is 2. The van der Waals surface area contributed by atoms with Gasteiger partial charge in [-0.1, -0.05) is 6.07 Å². The molecule has 9 heteroatoms. The molecule has 1 aliphatic heterocycles. The lowest BCUT2D eigenvalue weighted by atomic mass is 9.96. The number of thiophene rings is 1. The Hall–Kier alpha value is -1.55. The highest BCUT2D eigenvalue weighted by molar-refractivity contribution is 7.71. The minimum absolute atomic E-state index is 0.00894. The van der Waals surface area contributed by atoms with Gasteiger partial charge < -0.3 is 15.1 Å². The zero-order valence-electron chi connectivity index (χ0n) is 16.9. The predicted molar refractivity (Wildman–Crippen MR) is 116 cm³/mol. The van der Waals surface area contributed by atoms with Crippen molar-refractivity contribution in [2.45, 2.75) is 25.8 Å². The zero-order valence-corrected chi connectivity index (χ0v) is 18.5. The summed E-state index contributed by atoms with van der Waals surface area (Å²) in [6.45, 7) is 7.04. The van der Waals surface area contributed by atoms with Crippen LogP contribution in [0.5, 0.6) is 0 Å². The molecule has 1 saturated heterocycles. The molecule has 1 aliphatic rings. The number of rotatable bonds is 8. The Kier molecular flexibility index (Phi) is 7.39. The van der Waals surface area contributed by atoms with E-state index in [-0.39, 0.29) is 5.91 Å². The molecule has 1 unspecified atom stereocenters. The summed E-state index contributed by atoms with van der Waals surface area (Å²) in [6, 6.07) is 3.56. The van der Waals surface area contributed by atoms with Crippen molar-refractivity contribution in [2.75, 3.05) is 46.8 Å². The fraction of sp³-hybridized carbons (Fsp3) is 0.632. The van der Waals surface area contributed by atoms with Crippen molar-refractivity contribution in [3.05, 3.63) is 22.3 Å². The third kappa shape index (κ3) is 5.28. The van der Waals surface area contributed by atoms with Gasteiger partial charge in [0.25, 0.3) is 0 Å². The normalized spacial score (nSPS) is 17.1. The monoisotopic (exact) mass is 422 g/mol. The van der Waals surface area contributed by atoms with E-state index < -0.39 is 6.04 Å². The lowest BCUT2D eigenvalue weighted by molar-refractivity contribution is -0.124. The number of aromatic nitrogens is 3. The summed E-state index contributed by atoms with van der Waals surface area (Å²) >= 11 is 6.95. The number of piperidine rings is 1. The van der Waals surface area contributed by atoms with E-state index in [9.17, 15) is 4.79 Å². The van der Waals surface area contributed by atoms with Crippen LogP contribution < -0.4 is 5.32 Å². The molecule has 0 aromatic carbocycles. The molecule has 154 valence electrons. The Morgan fingerprint density at radius 1 is 1.46 bits per heavy atom. The first kappa shape index (κ1) is 21.2. The van der Waals surface area contributed by atoms with Crippen LogP contribution in [0, 0.1) is 10.7 Å². The fourth-order valence-electron chi connectivity index (χ4n) is 3.51. The zero-order chi connectivity index (χ0) is 20.1. The van der Waals surface area contributed by atoms with Crippen molar-refractivity contribution in [3.63, 3.8) is 0 Å². The molecular formula is C19H30N6OS2. The third-order valence-electron chi connectivity index (χ3n) is 5.35. The van der Waals surface area contributed by atoms with Crippen LogP contribution in [0.25, 0.3) is 10.7 Å². The third-order valence-corrected chi connectivity index (χ3v) is 6.50. The van der Waals surface area contributed by atoms with Crippen LogP contribution >= 0.6 is 23.6 Å². The molecule has 2 N–H and O–H groups in total. The van der Waals surface area contributed by atoms with Crippen molar-refractivity contribution in [2.24, 2.45) is 5.92 Å². The first-order valence-corrected chi connectivity index (χ1v) is 11.1. The number of likely N-dealkylation sites (N-methyl/N-ethyl adjacent to an activating group) is 1. The number of amides is 1. The molecule has 3 rings (SSSR count). The maximum absolute atomic E-state index is 12.8. The maximum Gasteiger partial charge on any atom is 0.242 e. The minimum Gasteiger partial charge on any atom is -0.354 e. The van der Waals surface area contributed by atoms with Crippen LogP contribution in [0.1, 0.15) is 25.8 Å². The van der Waals surface area contributed by atoms with Gasteiger partial charge in [-0.3, -0.25) is 14.5 Å². The van der Waals surface area contributed by atoms with E-state index in [1.165, 1.54) is 0 Å². The molecule has 1 amide bonds. The number of nitrogens with zero attached hydrogens (tertiary/aromatic N) is 4. The molecule has 0 bridgehead atoms. The van der Waals surface area contributed by atoms with E-state index >= 15 is 0 Å². The molecule has 2 aromatic heterocycles. The highest BCUT2D eigenvalue weighted by Crippen LogP contribution is 2.25. The van der Waals surface area contributed by atoms with Crippen molar-refractivity contribution in [1.29, 1.82) is 0 Å². The second-order valence-electron chi connectivity index (χ2n) is 7.71. The van der Waals surface area contributed by atoms with Crippen LogP contribution in [0.2, 0.25) is 0 Å². The molecule has 0 radical (unpaired) electrons. The van der Waals surface area contributed by atoms with Gasteiger partial charge in [0.05, 0.1) is 4.88 Å². The maximum atomic E-state index is 12.8. The average molecular weight is 423 g/mol. The topological polar surface area (TPSA) is 69.2 Å². The van der Waals surface area contributed by atoms with E-state index in [4.69, 9.17) is 12.2 Å². The number of nitrogens with one attached hydrogen (secondary N) is 2. The first-order chi connectivity index (χ1) is 13.5. The van der Waals surface area contributed by atoms with Crippen LogP contribution in [0.15, 0.2) is 17.5 Å². The Morgan fingerprint density at radius 3 is 2.86 bits per heavy atom. The molecule has 0 saturated carbocycles. The number of H-pyrrole nitrogens is 1.